The first-order valence-corrected chi connectivity index (χ1v) is 7.36. The van der Waals surface area contributed by atoms with Crippen molar-refractivity contribution < 1.29 is 34.4 Å². The molecule has 3 N–H and O–H groups in total. The highest BCUT2D eigenvalue weighted by molar-refractivity contribution is 9.09. The normalized spacial score (nSPS) is 38.3. The zero-order valence-electron chi connectivity index (χ0n) is 12.5. The highest BCUT2D eigenvalue weighted by Crippen LogP contribution is 2.43. The number of ether oxygens (including phenoxy) is 1. The fourth-order valence-electron chi connectivity index (χ4n) is 2.45. The van der Waals surface area contributed by atoms with E-state index in [1.807, 2.05) is 0 Å². The molecule has 0 aliphatic carbocycles. The van der Waals surface area contributed by atoms with Crippen molar-refractivity contribution in [3.63, 3.8) is 0 Å². The molecule has 0 radical (unpaired) electrons. The van der Waals surface area contributed by atoms with Gasteiger partial charge in [-0.15, -0.1) is 0 Å². The zero-order chi connectivity index (χ0) is 18.2. The van der Waals surface area contributed by atoms with E-state index in [9.17, 15) is 29.7 Å². The van der Waals surface area contributed by atoms with Gasteiger partial charge in [0.05, 0.1) is 0 Å². The van der Waals surface area contributed by atoms with Crippen LogP contribution in [0.3, 0.4) is 0 Å². The maximum absolute atomic E-state index is 12.0. The summed E-state index contributed by atoms with van der Waals surface area (Å²) < 4.78 is 5.16. The molecule has 11 heteroatoms. The van der Waals surface area contributed by atoms with Crippen LogP contribution in [0.4, 0.5) is 0 Å². The Bertz CT molecular complexity index is 593. The van der Waals surface area contributed by atoms with E-state index in [4.69, 9.17) is 10.3 Å². The summed E-state index contributed by atoms with van der Waals surface area (Å²) in [5, 5.41) is 32.9. The largest absolute Gasteiger partial charge is 0.382 e. The summed E-state index contributed by atoms with van der Waals surface area (Å²) in [6, 6.07) is -2.02. The van der Waals surface area contributed by atoms with Gasteiger partial charge in [0.2, 0.25) is 0 Å². The van der Waals surface area contributed by atoms with E-state index < -0.39 is 51.8 Å². The SMILES string of the molecule is CC(=O)C(O)[C@H]1O[C@H](Br)[C@@](O)(C(C)=O)[C@@H](N=[N+]=[N-])[C@@]1(O)C(C)=O. The van der Waals surface area contributed by atoms with Crippen LogP contribution in [-0.4, -0.2) is 67.1 Å². The van der Waals surface area contributed by atoms with Crippen molar-refractivity contribution in [1.29, 1.82) is 0 Å². The molecule has 6 atom stereocenters. The molecule has 1 aliphatic heterocycles. The molecule has 0 aromatic rings. The Labute approximate surface area is 139 Å². The van der Waals surface area contributed by atoms with Crippen LogP contribution in [-0.2, 0) is 19.1 Å². The monoisotopic (exact) mass is 393 g/mol. The van der Waals surface area contributed by atoms with Gasteiger partial charge in [0.1, 0.15) is 23.3 Å². The van der Waals surface area contributed by atoms with Gasteiger partial charge >= 0.3 is 0 Å². The standard InChI is InChI=1S/C12H16BrN3O7/c1-4(17)7(20)8-11(21,5(2)18)9(15-16-14)12(22,6(3)19)10(13)23-8/h7-10,20-22H,1-3H3/t7?,8-,9+,10+,11-,12-/m1/s1. The second kappa shape index (κ2) is 6.63. The zero-order valence-corrected chi connectivity index (χ0v) is 14.1. The highest BCUT2D eigenvalue weighted by atomic mass is 79.9. The molecule has 10 nitrogen and oxygen atoms in total. The molecule has 0 amide bonds. The second-order valence-electron chi connectivity index (χ2n) is 5.30. The first-order valence-electron chi connectivity index (χ1n) is 6.44. The Kier molecular flexibility index (Phi) is 5.68. The van der Waals surface area contributed by atoms with Crippen molar-refractivity contribution in [2.45, 2.75) is 55.2 Å². The Morgan fingerprint density at radius 3 is 2.04 bits per heavy atom. The summed E-state index contributed by atoms with van der Waals surface area (Å²) in [5.41, 5.74) is 3.32. The minimum absolute atomic E-state index is 0.831. The molecule has 1 fully saturated rings. The molecule has 1 heterocycles. The van der Waals surface area contributed by atoms with Gasteiger partial charge in [0.25, 0.3) is 0 Å². The Hall–Kier alpha value is -1.36. The predicted molar refractivity (Wildman–Crippen MR) is 78.5 cm³/mol. The molecule has 1 rings (SSSR count). The van der Waals surface area contributed by atoms with Gasteiger partial charge in [-0.3, -0.25) is 14.4 Å². The lowest BCUT2D eigenvalue weighted by atomic mass is 9.70. The van der Waals surface area contributed by atoms with Crippen molar-refractivity contribution >= 4 is 33.3 Å². The molecule has 23 heavy (non-hydrogen) atoms. The maximum atomic E-state index is 12.0. The Balaban J connectivity index is 3.66. The van der Waals surface area contributed by atoms with Crippen LogP contribution in [0.25, 0.3) is 10.4 Å². The maximum Gasteiger partial charge on any atom is 0.170 e. The molecule has 0 bridgehead atoms. The highest BCUT2D eigenvalue weighted by Gasteiger charge is 2.67. The van der Waals surface area contributed by atoms with E-state index in [-0.39, 0.29) is 0 Å². The lowest BCUT2D eigenvalue weighted by molar-refractivity contribution is -0.244. The quantitative estimate of drug-likeness (QED) is 0.241. The van der Waals surface area contributed by atoms with Crippen molar-refractivity contribution in [3.8, 4) is 0 Å². The number of alkyl halides is 1. The number of azide groups is 1. The van der Waals surface area contributed by atoms with E-state index >= 15 is 0 Å². The van der Waals surface area contributed by atoms with Crippen LogP contribution in [0.15, 0.2) is 5.11 Å². The van der Waals surface area contributed by atoms with Crippen LogP contribution in [0.1, 0.15) is 20.8 Å². The van der Waals surface area contributed by atoms with E-state index in [1.165, 1.54) is 0 Å². The van der Waals surface area contributed by atoms with Crippen LogP contribution in [0, 0.1) is 0 Å². The van der Waals surface area contributed by atoms with Crippen LogP contribution >= 0.6 is 15.9 Å². The molecular formula is C12H16BrN3O7. The van der Waals surface area contributed by atoms with Crippen molar-refractivity contribution in [2.75, 3.05) is 0 Å². The first kappa shape index (κ1) is 19.7. The third-order valence-electron chi connectivity index (χ3n) is 3.88. The number of carbonyl (C=O) groups excluding carboxylic acids is 3. The fourth-order valence-corrected chi connectivity index (χ4v) is 3.26. The minimum Gasteiger partial charge on any atom is -0.382 e. The summed E-state index contributed by atoms with van der Waals surface area (Å²) in [7, 11) is 0. The Morgan fingerprint density at radius 2 is 1.70 bits per heavy atom. The predicted octanol–water partition coefficient (Wildman–Crippen LogP) is -0.625. The number of aliphatic hydroxyl groups is 3. The number of nitrogens with zero attached hydrogens (tertiary/aromatic N) is 3. The number of carbonyl (C=O) groups is 3. The number of ketones is 3. The third kappa shape index (κ3) is 2.91. The van der Waals surface area contributed by atoms with Crippen molar-refractivity contribution in [3.05, 3.63) is 10.4 Å². The number of hydrogen-bond acceptors (Lipinski definition) is 8. The van der Waals surface area contributed by atoms with Gasteiger partial charge in [-0.05, 0) is 26.3 Å². The number of rotatable bonds is 5. The number of halogens is 1. The van der Waals surface area contributed by atoms with Crippen molar-refractivity contribution in [2.24, 2.45) is 5.11 Å². The summed E-state index contributed by atoms with van der Waals surface area (Å²) >= 11 is 2.86. The molecule has 1 unspecified atom stereocenters. The van der Waals surface area contributed by atoms with Gasteiger partial charge < -0.3 is 20.1 Å². The molecule has 1 saturated heterocycles. The fraction of sp³-hybridized carbons (Fsp3) is 0.750. The summed E-state index contributed by atoms with van der Waals surface area (Å²) in [6.07, 6.45) is -3.80. The lowest BCUT2D eigenvalue weighted by Crippen LogP contribution is -2.76. The van der Waals surface area contributed by atoms with Gasteiger partial charge in [-0.1, -0.05) is 21.0 Å². The molecule has 0 aromatic heterocycles. The van der Waals surface area contributed by atoms with Crippen LogP contribution in [0.5, 0.6) is 0 Å². The van der Waals surface area contributed by atoms with Gasteiger partial charge in [0.15, 0.2) is 28.6 Å². The lowest BCUT2D eigenvalue weighted by Gasteiger charge is -2.52. The summed E-state index contributed by atoms with van der Waals surface area (Å²) in [6.45, 7) is 2.82. The second-order valence-corrected chi connectivity index (χ2v) is 6.13. The van der Waals surface area contributed by atoms with Crippen LogP contribution in [0.2, 0.25) is 0 Å². The number of hydrogen-bond donors (Lipinski definition) is 3. The minimum atomic E-state index is -2.79. The topological polar surface area (TPSA) is 170 Å². The molecular weight excluding hydrogens is 378 g/mol. The van der Waals surface area contributed by atoms with Gasteiger partial charge in [-0.2, -0.15) is 0 Å². The van der Waals surface area contributed by atoms with E-state index in [0.717, 1.165) is 20.8 Å². The Morgan fingerprint density at radius 1 is 1.22 bits per heavy atom. The molecule has 128 valence electrons. The van der Waals surface area contributed by atoms with Gasteiger partial charge in [0, 0.05) is 4.91 Å². The molecule has 0 saturated carbocycles. The summed E-state index contributed by atoms with van der Waals surface area (Å²) in [5.74, 6) is -2.84. The number of aliphatic hydroxyl groups excluding tert-OH is 1. The smallest absolute Gasteiger partial charge is 0.170 e. The molecule has 0 spiro atoms. The van der Waals surface area contributed by atoms with E-state index in [2.05, 4.69) is 26.0 Å². The first-order chi connectivity index (χ1) is 10.4. The molecule has 1 aliphatic rings. The van der Waals surface area contributed by atoms with E-state index in [1.54, 1.807) is 0 Å². The van der Waals surface area contributed by atoms with E-state index in [0.29, 0.717) is 0 Å². The van der Waals surface area contributed by atoms with Gasteiger partial charge in [-0.25, -0.2) is 0 Å². The average molecular weight is 394 g/mol. The van der Waals surface area contributed by atoms with Crippen LogP contribution < -0.4 is 0 Å². The van der Waals surface area contributed by atoms with Crippen molar-refractivity contribution in [1.82, 2.24) is 0 Å². The summed E-state index contributed by atoms with van der Waals surface area (Å²) in [4.78, 5) is 37.7. The average Bonchev–Trinajstić information content (AvgIpc) is 2.46. The number of Topliss-reactive ketones (excluding diaryl/α,β-unsaturated/α-hetero) is 3. The third-order valence-corrected chi connectivity index (χ3v) is 4.79. The molecule has 0 aromatic carbocycles.